The van der Waals surface area contributed by atoms with E-state index in [2.05, 4.69) is 0 Å². The Hall–Kier alpha value is -1.26. The van der Waals surface area contributed by atoms with Gasteiger partial charge in [0.15, 0.2) is 0 Å². The number of halogens is 1. The van der Waals surface area contributed by atoms with Crippen molar-refractivity contribution in [2.75, 3.05) is 6.61 Å². The smallest absolute Gasteiger partial charge is 0.320 e. The van der Waals surface area contributed by atoms with Crippen LogP contribution in [0.4, 0.5) is 0 Å². The maximum atomic E-state index is 10.6. The number of carboxylic acid groups (broad SMARTS) is 1. The van der Waals surface area contributed by atoms with E-state index in [1.54, 1.807) is 0 Å². The summed E-state index contributed by atoms with van der Waals surface area (Å²) in [5.41, 5.74) is 6.34. The molecule has 0 bridgehead atoms. The largest absolute Gasteiger partial charge is 0.494 e. The molecule has 0 saturated carbocycles. The number of nitrogens with two attached hydrogens (primary N) is 1. The van der Waals surface area contributed by atoms with Gasteiger partial charge in [0.05, 0.1) is 6.61 Å². The highest BCUT2D eigenvalue weighted by molar-refractivity contribution is 5.85. The highest BCUT2D eigenvalue weighted by atomic mass is 35.5. The van der Waals surface area contributed by atoms with Gasteiger partial charge < -0.3 is 15.6 Å². The van der Waals surface area contributed by atoms with Crippen molar-refractivity contribution < 1.29 is 14.6 Å². The number of hydrogen-bond donors (Lipinski definition) is 2. The van der Waals surface area contributed by atoms with Crippen LogP contribution in [0.2, 0.25) is 0 Å². The molecule has 5 heteroatoms. The van der Waals surface area contributed by atoms with Crippen molar-refractivity contribution in [3.63, 3.8) is 0 Å². The molecule has 0 spiro atoms. The Morgan fingerprint density at radius 2 is 2.00 bits per heavy atom. The monoisotopic (exact) mass is 259 g/mol. The van der Waals surface area contributed by atoms with Gasteiger partial charge in [-0.2, -0.15) is 0 Å². The Morgan fingerprint density at radius 3 is 2.47 bits per heavy atom. The molecular formula is C12H18ClNO3. The predicted molar refractivity (Wildman–Crippen MR) is 68.8 cm³/mol. The van der Waals surface area contributed by atoms with Gasteiger partial charge >= 0.3 is 5.97 Å². The molecule has 0 aromatic heterocycles. The molecule has 1 atom stereocenters. The average Bonchev–Trinajstić information content (AvgIpc) is 2.28. The Kier molecular flexibility index (Phi) is 7.34. The van der Waals surface area contributed by atoms with E-state index < -0.39 is 12.0 Å². The van der Waals surface area contributed by atoms with Crippen LogP contribution in [-0.2, 0) is 11.2 Å². The minimum atomic E-state index is -0.980. The zero-order valence-corrected chi connectivity index (χ0v) is 10.6. The molecule has 0 aliphatic carbocycles. The van der Waals surface area contributed by atoms with Gasteiger partial charge in [0.1, 0.15) is 11.8 Å². The summed E-state index contributed by atoms with van der Waals surface area (Å²) in [5.74, 6) is -0.180. The van der Waals surface area contributed by atoms with E-state index in [4.69, 9.17) is 15.6 Å². The van der Waals surface area contributed by atoms with Crippen LogP contribution in [0.1, 0.15) is 18.9 Å². The molecule has 1 unspecified atom stereocenters. The Balaban J connectivity index is 0.00000256. The van der Waals surface area contributed by atoms with E-state index in [1.165, 1.54) is 0 Å². The molecule has 3 N–H and O–H groups in total. The maximum Gasteiger partial charge on any atom is 0.320 e. The zero-order chi connectivity index (χ0) is 12.0. The van der Waals surface area contributed by atoms with E-state index in [0.717, 1.165) is 17.7 Å². The number of ether oxygens (including phenoxy) is 1. The highest BCUT2D eigenvalue weighted by Gasteiger charge is 2.11. The first kappa shape index (κ1) is 15.7. The summed E-state index contributed by atoms with van der Waals surface area (Å²) < 4.78 is 5.42. The third kappa shape index (κ3) is 5.56. The molecule has 1 aromatic rings. The van der Waals surface area contributed by atoms with Crippen LogP contribution in [0.3, 0.4) is 0 Å². The third-order valence-corrected chi connectivity index (χ3v) is 2.17. The van der Waals surface area contributed by atoms with Crippen LogP contribution in [-0.4, -0.2) is 23.7 Å². The van der Waals surface area contributed by atoms with Crippen LogP contribution < -0.4 is 10.5 Å². The molecule has 17 heavy (non-hydrogen) atoms. The Morgan fingerprint density at radius 1 is 1.41 bits per heavy atom. The van der Waals surface area contributed by atoms with Gasteiger partial charge in [0.2, 0.25) is 0 Å². The minimum Gasteiger partial charge on any atom is -0.494 e. The molecule has 0 heterocycles. The first-order valence-corrected chi connectivity index (χ1v) is 5.33. The second-order valence-corrected chi connectivity index (χ2v) is 3.64. The third-order valence-electron chi connectivity index (χ3n) is 2.17. The van der Waals surface area contributed by atoms with E-state index in [-0.39, 0.29) is 12.4 Å². The molecule has 0 amide bonds. The van der Waals surface area contributed by atoms with Crippen molar-refractivity contribution >= 4 is 18.4 Å². The molecule has 1 aromatic carbocycles. The molecular weight excluding hydrogens is 242 g/mol. The van der Waals surface area contributed by atoms with Crippen LogP contribution in [0.5, 0.6) is 5.75 Å². The predicted octanol–water partition coefficient (Wildman–Crippen LogP) is 1.85. The van der Waals surface area contributed by atoms with Gasteiger partial charge in [-0.1, -0.05) is 19.1 Å². The van der Waals surface area contributed by atoms with E-state index in [9.17, 15) is 4.79 Å². The molecule has 0 radical (unpaired) electrons. The van der Waals surface area contributed by atoms with Gasteiger partial charge in [0.25, 0.3) is 0 Å². The van der Waals surface area contributed by atoms with Crippen molar-refractivity contribution in [3.8, 4) is 5.75 Å². The number of carbonyl (C=O) groups is 1. The van der Waals surface area contributed by atoms with Crippen LogP contribution in [0, 0.1) is 0 Å². The summed E-state index contributed by atoms with van der Waals surface area (Å²) in [5, 5.41) is 8.66. The van der Waals surface area contributed by atoms with E-state index in [1.807, 2.05) is 31.2 Å². The van der Waals surface area contributed by atoms with E-state index >= 15 is 0 Å². The molecule has 1 rings (SSSR count). The lowest BCUT2D eigenvalue weighted by Gasteiger charge is -2.08. The fraction of sp³-hybridized carbons (Fsp3) is 0.417. The highest BCUT2D eigenvalue weighted by Crippen LogP contribution is 2.13. The normalized spacial score (nSPS) is 11.4. The summed E-state index contributed by atoms with van der Waals surface area (Å²) in [6.45, 7) is 2.73. The van der Waals surface area contributed by atoms with Gasteiger partial charge in [-0.25, -0.2) is 0 Å². The number of carboxylic acids is 1. The zero-order valence-electron chi connectivity index (χ0n) is 9.76. The molecule has 0 aliphatic rings. The first-order valence-electron chi connectivity index (χ1n) is 5.33. The van der Waals surface area contributed by atoms with Crippen molar-refractivity contribution in [1.82, 2.24) is 0 Å². The fourth-order valence-corrected chi connectivity index (χ4v) is 1.28. The molecule has 0 aliphatic heterocycles. The first-order chi connectivity index (χ1) is 7.63. The lowest BCUT2D eigenvalue weighted by atomic mass is 10.1. The second kappa shape index (κ2) is 7.92. The van der Waals surface area contributed by atoms with Gasteiger partial charge in [0, 0.05) is 0 Å². The van der Waals surface area contributed by atoms with Gasteiger partial charge in [-0.3, -0.25) is 4.79 Å². The summed E-state index contributed by atoms with van der Waals surface area (Å²) in [6.07, 6.45) is 1.30. The average molecular weight is 260 g/mol. The van der Waals surface area contributed by atoms with Crippen molar-refractivity contribution in [2.24, 2.45) is 5.73 Å². The summed E-state index contributed by atoms with van der Waals surface area (Å²) >= 11 is 0. The minimum absolute atomic E-state index is 0. The molecule has 96 valence electrons. The van der Waals surface area contributed by atoms with E-state index in [0.29, 0.717) is 13.0 Å². The van der Waals surface area contributed by atoms with Crippen LogP contribution in [0.15, 0.2) is 24.3 Å². The standard InChI is InChI=1S/C12H17NO3.ClH/c1-2-7-16-10-5-3-9(4-6-10)8-11(13)12(14)15;/h3-6,11H,2,7-8,13H2,1H3,(H,14,15);1H. The van der Waals surface area contributed by atoms with Crippen molar-refractivity contribution in [1.29, 1.82) is 0 Å². The Labute approximate surface area is 107 Å². The van der Waals surface area contributed by atoms with Crippen molar-refractivity contribution in [3.05, 3.63) is 29.8 Å². The maximum absolute atomic E-state index is 10.6. The SMILES string of the molecule is CCCOc1ccc(CC(N)C(=O)O)cc1.Cl. The summed E-state index contributed by atoms with van der Waals surface area (Å²) in [6, 6.07) is 6.50. The lowest BCUT2D eigenvalue weighted by Crippen LogP contribution is -2.32. The van der Waals surface area contributed by atoms with Gasteiger partial charge in [-0.05, 0) is 30.5 Å². The summed E-state index contributed by atoms with van der Waals surface area (Å²) in [4.78, 5) is 10.6. The quantitative estimate of drug-likeness (QED) is 0.818. The lowest BCUT2D eigenvalue weighted by molar-refractivity contribution is -0.138. The van der Waals surface area contributed by atoms with Crippen LogP contribution >= 0.6 is 12.4 Å². The fourth-order valence-electron chi connectivity index (χ4n) is 1.28. The second-order valence-electron chi connectivity index (χ2n) is 3.64. The van der Waals surface area contributed by atoms with Crippen molar-refractivity contribution in [2.45, 2.75) is 25.8 Å². The molecule has 0 saturated heterocycles. The topological polar surface area (TPSA) is 72.5 Å². The number of rotatable bonds is 6. The number of aliphatic carboxylic acids is 1. The molecule has 4 nitrogen and oxygen atoms in total. The molecule has 0 fully saturated rings. The summed E-state index contributed by atoms with van der Waals surface area (Å²) in [7, 11) is 0. The van der Waals surface area contributed by atoms with Crippen LogP contribution in [0.25, 0.3) is 0 Å². The number of benzene rings is 1. The Bertz CT molecular complexity index is 340. The number of hydrogen-bond acceptors (Lipinski definition) is 3. The van der Waals surface area contributed by atoms with Gasteiger partial charge in [-0.15, -0.1) is 12.4 Å².